The van der Waals surface area contributed by atoms with Gasteiger partial charge in [-0.3, -0.25) is 0 Å². The summed E-state index contributed by atoms with van der Waals surface area (Å²) in [7, 11) is 1.84. The highest BCUT2D eigenvalue weighted by Crippen LogP contribution is 2.11. The summed E-state index contributed by atoms with van der Waals surface area (Å²) in [6.45, 7) is 0. The van der Waals surface area contributed by atoms with Gasteiger partial charge in [-0.2, -0.15) is 0 Å². The second kappa shape index (κ2) is 4.12. The van der Waals surface area contributed by atoms with Crippen LogP contribution in [0.1, 0.15) is 0 Å². The fraction of sp³-hybridized carbons (Fsp3) is 0.750. The third-order valence-corrected chi connectivity index (χ3v) is 3.17. The minimum Gasteiger partial charge on any atom is -0.224 e. The van der Waals surface area contributed by atoms with Crippen LogP contribution in [0.15, 0.2) is 5.16 Å². The molecule has 0 aliphatic heterocycles. The Hall–Kier alpha value is 0.150. The summed E-state index contributed by atoms with van der Waals surface area (Å²) in [5.41, 5.74) is 0. The van der Waals surface area contributed by atoms with Gasteiger partial charge in [0, 0.05) is 17.2 Å². The Kier molecular flexibility index (Phi) is 3.40. The lowest BCUT2D eigenvalue weighted by atomic mass is 11.0. The predicted octanol–water partition coefficient (Wildman–Crippen LogP) is 0.737. The molecule has 0 unspecified atom stereocenters. The van der Waals surface area contributed by atoms with E-state index in [1.165, 1.54) is 0 Å². The van der Waals surface area contributed by atoms with Crippen LogP contribution in [0.3, 0.4) is 0 Å². The zero-order valence-electron chi connectivity index (χ0n) is 5.49. The van der Waals surface area contributed by atoms with Crippen molar-refractivity contribution in [3.05, 3.63) is 0 Å². The smallest absolute Gasteiger partial charge is 0.209 e. The summed E-state index contributed by atoms with van der Waals surface area (Å²) >= 11 is 4.00. The maximum atomic E-state index is 3.81. The van der Waals surface area contributed by atoms with Gasteiger partial charge < -0.3 is 0 Å². The Labute approximate surface area is 76.9 Å². The van der Waals surface area contributed by atoms with Gasteiger partial charge in [0.1, 0.15) is 0 Å². The first-order valence-electron chi connectivity index (χ1n) is 2.75. The van der Waals surface area contributed by atoms with E-state index in [9.17, 15) is 0 Å². The fourth-order valence-electron chi connectivity index (χ4n) is 0.473. The normalized spacial score (nSPS) is 10.2. The molecule has 1 aromatic heterocycles. The van der Waals surface area contributed by atoms with Crippen molar-refractivity contribution in [2.75, 3.05) is 10.2 Å². The van der Waals surface area contributed by atoms with E-state index in [0.717, 1.165) is 15.3 Å². The predicted molar refractivity (Wildman–Crippen MR) is 48.4 cm³/mol. The number of tetrazole rings is 1. The number of hydrogen-bond donors (Lipinski definition) is 0. The summed E-state index contributed by atoms with van der Waals surface area (Å²) in [4.78, 5) is 0. The molecule has 1 aromatic rings. The Bertz CT molecular complexity index is 201. The van der Waals surface area contributed by atoms with Crippen molar-refractivity contribution in [2.24, 2.45) is 7.05 Å². The fourth-order valence-corrected chi connectivity index (χ4v) is 1.71. The molecule has 4 nitrogen and oxygen atoms in total. The molecule has 0 aliphatic rings. The molecule has 0 radical (unpaired) electrons. The molecule has 56 valence electrons. The van der Waals surface area contributed by atoms with Crippen molar-refractivity contribution in [2.45, 2.75) is 5.16 Å². The molecule has 0 N–H and O–H groups in total. The van der Waals surface area contributed by atoms with E-state index in [-0.39, 0.29) is 0 Å². The highest BCUT2D eigenvalue weighted by atomic mass is 127. The van der Waals surface area contributed by atoms with Crippen LogP contribution in [-0.2, 0) is 7.05 Å². The average molecular weight is 270 g/mol. The second-order valence-electron chi connectivity index (χ2n) is 1.62. The van der Waals surface area contributed by atoms with Crippen molar-refractivity contribution in [3.63, 3.8) is 0 Å². The number of aryl methyl sites for hydroxylation is 1. The van der Waals surface area contributed by atoms with E-state index in [2.05, 4.69) is 38.1 Å². The quantitative estimate of drug-likeness (QED) is 0.461. The van der Waals surface area contributed by atoms with Crippen LogP contribution in [0.2, 0.25) is 0 Å². The molecule has 0 saturated heterocycles. The van der Waals surface area contributed by atoms with E-state index in [1.54, 1.807) is 16.4 Å². The van der Waals surface area contributed by atoms with Gasteiger partial charge in [-0.1, -0.05) is 34.4 Å². The molecule has 1 rings (SSSR count). The van der Waals surface area contributed by atoms with Crippen molar-refractivity contribution >= 4 is 34.4 Å². The third-order valence-electron chi connectivity index (χ3n) is 0.890. The standard InChI is InChI=1S/C4H7IN4S/c1-9-4(6-7-8-9)10-3-2-5/h2-3H2,1H3. The minimum atomic E-state index is 0.886. The van der Waals surface area contributed by atoms with Crippen molar-refractivity contribution in [1.29, 1.82) is 0 Å². The molecule has 1 heterocycles. The number of halogens is 1. The number of rotatable bonds is 3. The van der Waals surface area contributed by atoms with Crippen LogP contribution >= 0.6 is 34.4 Å². The zero-order valence-corrected chi connectivity index (χ0v) is 8.46. The van der Waals surface area contributed by atoms with E-state index in [4.69, 9.17) is 0 Å². The van der Waals surface area contributed by atoms with Gasteiger partial charge in [0.05, 0.1) is 0 Å². The Morgan fingerprint density at radius 3 is 3.00 bits per heavy atom. The maximum absolute atomic E-state index is 3.81. The molecule has 0 fully saturated rings. The lowest BCUT2D eigenvalue weighted by Crippen LogP contribution is -1.93. The first-order chi connectivity index (χ1) is 4.84. The SMILES string of the molecule is Cn1nnnc1SCCI. The third kappa shape index (κ3) is 2.08. The van der Waals surface area contributed by atoms with Gasteiger partial charge in [-0.25, -0.2) is 4.68 Å². The van der Waals surface area contributed by atoms with Gasteiger partial charge in [-0.15, -0.1) is 5.10 Å². The maximum Gasteiger partial charge on any atom is 0.209 e. The minimum absolute atomic E-state index is 0.886. The number of thioether (sulfide) groups is 1. The first-order valence-corrected chi connectivity index (χ1v) is 5.27. The second-order valence-corrected chi connectivity index (χ2v) is 3.76. The molecule has 0 atom stereocenters. The highest BCUT2D eigenvalue weighted by Gasteiger charge is 1.99. The number of aromatic nitrogens is 4. The lowest BCUT2D eigenvalue weighted by Gasteiger charge is -1.93. The highest BCUT2D eigenvalue weighted by molar-refractivity contribution is 14.1. The summed E-state index contributed by atoms with van der Waals surface area (Å²) in [6.07, 6.45) is 0. The van der Waals surface area contributed by atoms with Gasteiger partial charge in [-0.05, 0) is 10.4 Å². The van der Waals surface area contributed by atoms with E-state index < -0.39 is 0 Å². The molecule has 6 heteroatoms. The molecule has 0 amide bonds. The molecular weight excluding hydrogens is 263 g/mol. The van der Waals surface area contributed by atoms with Crippen LogP contribution in [0.25, 0.3) is 0 Å². The molecule has 0 aromatic carbocycles. The first kappa shape index (κ1) is 8.25. The van der Waals surface area contributed by atoms with Crippen LogP contribution in [0.4, 0.5) is 0 Å². The van der Waals surface area contributed by atoms with Crippen LogP contribution in [0.5, 0.6) is 0 Å². The zero-order chi connectivity index (χ0) is 7.40. The van der Waals surface area contributed by atoms with Gasteiger partial charge in [0.25, 0.3) is 0 Å². The average Bonchev–Trinajstić information content (AvgIpc) is 2.31. The summed E-state index contributed by atoms with van der Waals surface area (Å²) in [5.74, 6) is 1.06. The van der Waals surface area contributed by atoms with Crippen LogP contribution < -0.4 is 0 Å². The molecule has 0 aliphatic carbocycles. The molecule has 10 heavy (non-hydrogen) atoms. The summed E-state index contributed by atoms with van der Waals surface area (Å²) in [6, 6.07) is 0. The number of alkyl halides is 1. The van der Waals surface area contributed by atoms with Gasteiger partial charge in [0.2, 0.25) is 5.16 Å². The molecule has 0 bridgehead atoms. The number of hydrogen-bond acceptors (Lipinski definition) is 4. The van der Waals surface area contributed by atoms with Crippen molar-refractivity contribution in [1.82, 2.24) is 20.2 Å². The summed E-state index contributed by atoms with van der Waals surface area (Å²) in [5, 5.41) is 11.9. The Morgan fingerprint density at radius 1 is 1.70 bits per heavy atom. The van der Waals surface area contributed by atoms with E-state index in [1.807, 2.05) is 7.05 Å². The molecule has 0 saturated carbocycles. The molecule has 0 spiro atoms. The largest absolute Gasteiger partial charge is 0.224 e. The monoisotopic (exact) mass is 270 g/mol. The van der Waals surface area contributed by atoms with Gasteiger partial charge in [0.15, 0.2) is 0 Å². The number of nitrogens with zero attached hydrogens (tertiary/aromatic N) is 4. The Morgan fingerprint density at radius 2 is 2.50 bits per heavy atom. The van der Waals surface area contributed by atoms with Gasteiger partial charge >= 0.3 is 0 Å². The lowest BCUT2D eigenvalue weighted by molar-refractivity contribution is 0.665. The van der Waals surface area contributed by atoms with Crippen LogP contribution in [-0.4, -0.2) is 30.4 Å². The van der Waals surface area contributed by atoms with Crippen molar-refractivity contribution in [3.8, 4) is 0 Å². The summed E-state index contributed by atoms with van der Waals surface area (Å²) < 4.78 is 2.80. The van der Waals surface area contributed by atoms with E-state index >= 15 is 0 Å². The molecular formula is C4H7IN4S. The van der Waals surface area contributed by atoms with E-state index in [0.29, 0.717) is 0 Å². The topological polar surface area (TPSA) is 43.6 Å². The Balaban J connectivity index is 2.49. The van der Waals surface area contributed by atoms with Crippen molar-refractivity contribution < 1.29 is 0 Å². The van der Waals surface area contributed by atoms with Crippen LogP contribution in [0, 0.1) is 0 Å².